The Kier molecular flexibility index (Phi) is 4.01. The molecule has 0 saturated carbocycles. The van der Waals surface area contributed by atoms with E-state index in [2.05, 4.69) is 0 Å². The van der Waals surface area contributed by atoms with Crippen molar-refractivity contribution in [2.75, 3.05) is 0 Å². The van der Waals surface area contributed by atoms with E-state index in [0.717, 1.165) is 0 Å². The molecule has 0 heterocycles. The van der Waals surface area contributed by atoms with E-state index in [0.29, 0.717) is 16.1 Å². The third-order valence-corrected chi connectivity index (χ3v) is 6.60. The minimum absolute atomic E-state index is 0.0674. The van der Waals surface area contributed by atoms with Gasteiger partial charge in [-0.25, -0.2) is 0 Å². The second kappa shape index (κ2) is 5.72. The number of halogens is 1. The topological polar surface area (TPSA) is 60.7 Å². The molecule has 0 radical (unpaired) electrons. The van der Waals surface area contributed by atoms with E-state index in [-0.39, 0.29) is 10.6 Å². The van der Waals surface area contributed by atoms with Crippen molar-refractivity contribution in [3.8, 4) is 11.1 Å². The van der Waals surface area contributed by atoms with Crippen LogP contribution in [0.1, 0.15) is 0 Å². The van der Waals surface area contributed by atoms with Crippen LogP contribution in [0, 0.1) is 0 Å². The van der Waals surface area contributed by atoms with Gasteiger partial charge >= 0.3 is 139 Å². The molecule has 3 N–H and O–H groups in total. The second-order valence-electron chi connectivity index (χ2n) is 5.31. The van der Waals surface area contributed by atoms with E-state index in [1.807, 2.05) is 6.07 Å². The molecule has 0 amide bonds. The van der Waals surface area contributed by atoms with Crippen LogP contribution >= 0.6 is 18.9 Å². The molecule has 0 bridgehead atoms. The zero-order valence-corrected chi connectivity index (χ0v) is 13.8. The average Bonchev–Trinajstić information content (AvgIpc) is 2.56. The van der Waals surface area contributed by atoms with Gasteiger partial charge < -0.3 is 0 Å². The van der Waals surface area contributed by atoms with E-state index in [1.165, 1.54) is 18.2 Å². The summed E-state index contributed by atoms with van der Waals surface area (Å²) in [5.74, 6) is 0. The summed E-state index contributed by atoms with van der Waals surface area (Å²) in [5.41, 5.74) is 1.12. The molecule has 0 spiro atoms. The SMILES string of the molecule is OP(O)(O)(c1ccccc1)c1ccccc1-c1ccccc1Cl. The summed E-state index contributed by atoms with van der Waals surface area (Å²) in [5, 5.41) is 0.621. The van der Waals surface area contributed by atoms with Gasteiger partial charge in [0.1, 0.15) is 0 Å². The predicted octanol–water partition coefficient (Wildman–Crippen LogP) is 3.23. The van der Waals surface area contributed by atoms with Crippen LogP contribution in [0.4, 0.5) is 0 Å². The van der Waals surface area contributed by atoms with Crippen molar-refractivity contribution in [2.45, 2.75) is 0 Å². The van der Waals surface area contributed by atoms with E-state index >= 15 is 0 Å². The van der Waals surface area contributed by atoms with Crippen molar-refractivity contribution in [1.29, 1.82) is 0 Å². The first kappa shape index (κ1) is 16.1. The van der Waals surface area contributed by atoms with Crippen molar-refractivity contribution < 1.29 is 14.7 Å². The molecule has 3 rings (SSSR count). The van der Waals surface area contributed by atoms with E-state index in [9.17, 15) is 14.7 Å². The van der Waals surface area contributed by atoms with Gasteiger partial charge in [0.2, 0.25) is 0 Å². The number of benzene rings is 3. The molecule has 0 aromatic heterocycles. The summed E-state index contributed by atoms with van der Waals surface area (Å²) < 4.78 is 0. The summed E-state index contributed by atoms with van der Waals surface area (Å²) in [6.45, 7) is 0. The molecule has 0 aliphatic rings. The van der Waals surface area contributed by atoms with Crippen LogP contribution in [0.3, 0.4) is 0 Å². The predicted molar refractivity (Wildman–Crippen MR) is 96.2 cm³/mol. The normalized spacial score (nSPS) is 13.3. The quantitative estimate of drug-likeness (QED) is 0.638. The van der Waals surface area contributed by atoms with Crippen molar-refractivity contribution in [2.24, 2.45) is 0 Å². The third kappa shape index (κ3) is 2.90. The van der Waals surface area contributed by atoms with Crippen LogP contribution in [0.5, 0.6) is 0 Å². The summed E-state index contributed by atoms with van der Waals surface area (Å²) in [6.07, 6.45) is 0. The van der Waals surface area contributed by atoms with Crippen molar-refractivity contribution in [3.63, 3.8) is 0 Å². The van der Waals surface area contributed by atoms with Crippen LogP contribution in [0.2, 0.25) is 5.02 Å². The first-order valence-corrected chi connectivity index (χ1v) is 9.52. The molecule has 118 valence electrons. The molecule has 0 saturated heterocycles. The van der Waals surface area contributed by atoms with Crippen molar-refractivity contribution >= 4 is 29.5 Å². The van der Waals surface area contributed by atoms with Gasteiger partial charge in [0, 0.05) is 0 Å². The van der Waals surface area contributed by atoms with Gasteiger partial charge in [-0.15, -0.1) is 0 Å². The summed E-state index contributed by atoms with van der Waals surface area (Å²) in [6, 6.07) is 21.8. The van der Waals surface area contributed by atoms with Crippen LogP contribution in [-0.4, -0.2) is 14.7 Å². The molecule has 3 aromatic carbocycles. The van der Waals surface area contributed by atoms with Gasteiger partial charge in [0.25, 0.3) is 0 Å². The van der Waals surface area contributed by atoms with Crippen molar-refractivity contribution in [3.05, 3.63) is 83.9 Å². The van der Waals surface area contributed by atoms with Crippen LogP contribution in [0.15, 0.2) is 78.9 Å². The van der Waals surface area contributed by atoms with E-state index in [1.54, 1.807) is 54.6 Å². The van der Waals surface area contributed by atoms with Gasteiger partial charge in [-0.2, -0.15) is 0 Å². The third-order valence-electron chi connectivity index (χ3n) is 3.74. The maximum atomic E-state index is 10.9. The molecule has 0 atom stereocenters. The Morgan fingerprint density at radius 2 is 1.13 bits per heavy atom. The fourth-order valence-corrected chi connectivity index (χ4v) is 4.82. The fraction of sp³-hybridized carbons (Fsp3) is 0. The van der Waals surface area contributed by atoms with Gasteiger partial charge in [-0.05, 0) is 0 Å². The summed E-state index contributed by atoms with van der Waals surface area (Å²) in [4.78, 5) is 32.6. The molecule has 0 aliphatic carbocycles. The maximum absolute atomic E-state index is 10.9. The summed E-state index contributed by atoms with van der Waals surface area (Å²) >= 11 is 6.24. The molecule has 0 aliphatic heterocycles. The summed E-state index contributed by atoms with van der Waals surface area (Å²) in [7, 11) is -5.25. The van der Waals surface area contributed by atoms with Gasteiger partial charge in [0.15, 0.2) is 0 Å². The Morgan fingerprint density at radius 3 is 1.78 bits per heavy atom. The Bertz CT molecular complexity index is 841. The zero-order valence-electron chi connectivity index (χ0n) is 12.2. The molecule has 3 aromatic rings. The van der Waals surface area contributed by atoms with E-state index in [4.69, 9.17) is 11.6 Å². The average molecular weight is 347 g/mol. The van der Waals surface area contributed by atoms with Crippen LogP contribution < -0.4 is 10.6 Å². The molecule has 5 heteroatoms. The fourth-order valence-electron chi connectivity index (χ4n) is 2.58. The second-order valence-corrected chi connectivity index (χ2v) is 8.68. The molecule has 23 heavy (non-hydrogen) atoms. The minimum atomic E-state index is -5.25. The van der Waals surface area contributed by atoms with Gasteiger partial charge in [-0.1, -0.05) is 0 Å². The number of rotatable bonds is 3. The van der Waals surface area contributed by atoms with Crippen LogP contribution in [-0.2, 0) is 0 Å². The Morgan fingerprint density at radius 1 is 0.609 bits per heavy atom. The van der Waals surface area contributed by atoms with Gasteiger partial charge in [0.05, 0.1) is 0 Å². The standard InChI is InChI=1S/C18H16ClO3P/c19-17-12-6-4-10-15(17)16-11-5-7-13-18(16)23(20,21,22)14-8-2-1-3-9-14/h1-13,20-22H. The Hall–Kier alpha value is -1.74. The first-order chi connectivity index (χ1) is 10.9. The number of hydrogen-bond acceptors (Lipinski definition) is 3. The Labute approximate surface area is 139 Å². The van der Waals surface area contributed by atoms with Crippen molar-refractivity contribution in [1.82, 2.24) is 0 Å². The van der Waals surface area contributed by atoms with Crippen LogP contribution in [0.25, 0.3) is 11.1 Å². The van der Waals surface area contributed by atoms with E-state index < -0.39 is 7.28 Å². The molecular formula is C18H16ClO3P. The molecule has 3 nitrogen and oxygen atoms in total. The Balaban J connectivity index is 2.28. The molecule has 0 fully saturated rings. The monoisotopic (exact) mass is 346 g/mol. The first-order valence-electron chi connectivity index (χ1n) is 7.05. The van der Waals surface area contributed by atoms with Gasteiger partial charge in [-0.3, -0.25) is 0 Å². The number of hydrogen-bond donors (Lipinski definition) is 3. The molecule has 0 unspecified atom stereocenters. The zero-order chi connectivity index (χ0) is 16.5. The molecular weight excluding hydrogens is 331 g/mol.